The second kappa shape index (κ2) is 4.59. The van der Waals surface area contributed by atoms with Crippen molar-refractivity contribution in [3.63, 3.8) is 0 Å². The fraction of sp³-hybridized carbons (Fsp3) is 0.545. The molecule has 0 saturated carbocycles. The van der Waals surface area contributed by atoms with E-state index in [0.717, 1.165) is 23.9 Å². The number of nitrogens with zero attached hydrogens (tertiary/aromatic N) is 2. The number of hydrogen-bond donors (Lipinski definition) is 1. The van der Waals surface area contributed by atoms with Crippen LogP contribution < -0.4 is 5.73 Å². The van der Waals surface area contributed by atoms with Crippen LogP contribution in [0.3, 0.4) is 0 Å². The molecule has 1 aliphatic heterocycles. The van der Waals surface area contributed by atoms with Crippen molar-refractivity contribution in [2.24, 2.45) is 12.8 Å². The zero-order valence-electron chi connectivity index (χ0n) is 9.32. The van der Waals surface area contributed by atoms with Crippen LogP contribution in [0.5, 0.6) is 0 Å². The smallest absolute Gasteiger partial charge is 0.270 e. The predicted octanol–water partition coefficient (Wildman–Crippen LogP) is 1.35. The van der Waals surface area contributed by atoms with Crippen molar-refractivity contribution in [2.75, 3.05) is 13.1 Å². The van der Waals surface area contributed by atoms with E-state index in [1.807, 2.05) is 28.8 Å². The van der Waals surface area contributed by atoms with E-state index in [9.17, 15) is 4.79 Å². The number of nitrogens with two attached hydrogens (primary N) is 1. The Bertz CT molecular complexity index is 402. The molecule has 2 rings (SSSR count). The van der Waals surface area contributed by atoms with E-state index in [1.54, 1.807) is 0 Å². The third-order valence-corrected chi connectivity index (χ3v) is 3.37. The van der Waals surface area contributed by atoms with E-state index in [-0.39, 0.29) is 11.9 Å². The first-order valence-corrected chi connectivity index (χ1v) is 6.24. The average molecular weight is 286 g/mol. The van der Waals surface area contributed by atoms with Gasteiger partial charge in [-0.2, -0.15) is 0 Å². The van der Waals surface area contributed by atoms with Gasteiger partial charge in [0.2, 0.25) is 0 Å². The quantitative estimate of drug-likeness (QED) is 0.847. The van der Waals surface area contributed by atoms with E-state index in [4.69, 9.17) is 5.73 Å². The highest BCUT2D eigenvalue weighted by atomic mass is 79.9. The minimum Gasteiger partial charge on any atom is -0.345 e. The van der Waals surface area contributed by atoms with Gasteiger partial charge in [0.1, 0.15) is 5.69 Å². The zero-order valence-corrected chi connectivity index (χ0v) is 10.9. The van der Waals surface area contributed by atoms with Crippen molar-refractivity contribution < 1.29 is 4.79 Å². The van der Waals surface area contributed by atoms with Gasteiger partial charge in [-0.15, -0.1) is 0 Å². The van der Waals surface area contributed by atoms with Crippen molar-refractivity contribution in [2.45, 2.75) is 18.9 Å². The molecule has 1 amide bonds. The summed E-state index contributed by atoms with van der Waals surface area (Å²) < 4.78 is 2.77. The zero-order chi connectivity index (χ0) is 11.7. The lowest BCUT2D eigenvalue weighted by molar-refractivity contribution is 0.0699. The average Bonchev–Trinajstić information content (AvgIpc) is 2.57. The van der Waals surface area contributed by atoms with Crippen LogP contribution in [0.15, 0.2) is 16.7 Å². The second-order valence-electron chi connectivity index (χ2n) is 4.31. The number of carbonyl (C=O) groups excluding carboxylic acids is 1. The monoisotopic (exact) mass is 285 g/mol. The molecule has 0 radical (unpaired) electrons. The van der Waals surface area contributed by atoms with Gasteiger partial charge in [0.25, 0.3) is 5.91 Å². The number of aryl methyl sites for hydroxylation is 1. The summed E-state index contributed by atoms with van der Waals surface area (Å²) in [5.41, 5.74) is 6.58. The standard InChI is InChI=1S/C11H16BrN3O/c1-14-6-8(12)5-10(14)11(16)15-4-2-3-9(13)7-15/h5-6,9H,2-4,7,13H2,1H3. The van der Waals surface area contributed by atoms with Gasteiger partial charge in [0.15, 0.2) is 0 Å². The van der Waals surface area contributed by atoms with E-state index < -0.39 is 0 Å². The van der Waals surface area contributed by atoms with E-state index in [1.165, 1.54) is 0 Å². The molecule has 88 valence electrons. The molecule has 4 nitrogen and oxygen atoms in total. The maximum Gasteiger partial charge on any atom is 0.270 e. The highest BCUT2D eigenvalue weighted by molar-refractivity contribution is 9.10. The Labute approximate surface area is 104 Å². The van der Waals surface area contributed by atoms with Crippen molar-refractivity contribution in [1.82, 2.24) is 9.47 Å². The number of halogens is 1. The van der Waals surface area contributed by atoms with Crippen LogP contribution in [0.2, 0.25) is 0 Å². The molecule has 0 bridgehead atoms. The first kappa shape index (κ1) is 11.7. The third kappa shape index (κ3) is 2.30. The highest BCUT2D eigenvalue weighted by Gasteiger charge is 2.23. The Balaban J connectivity index is 2.15. The molecule has 16 heavy (non-hydrogen) atoms. The maximum absolute atomic E-state index is 12.2. The van der Waals surface area contributed by atoms with Gasteiger partial charge in [-0.25, -0.2) is 0 Å². The molecule has 1 aliphatic rings. The molecule has 0 spiro atoms. The molecule has 0 aromatic carbocycles. The van der Waals surface area contributed by atoms with Crippen LogP contribution in [-0.2, 0) is 7.05 Å². The summed E-state index contributed by atoms with van der Waals surface area (Å²) in [5, 5.41) is 0. The first-order chi connectivity index (χ1) is 7.58. The van der Waals surface area contributed by atoms with Gasteiger partial charge in [0.05, 0.1) is 0 Å². The summed E-state index contributed by atoms with van der Waals surface area (Å²) >= 11 is 3.37. The molecule has 2 heterocycles. The predicted molar refractivity (Wildman–Crippen MR) is 66.2 cm³/mol. The number of aromatic nitrogens is 1. The van der Waals surface area contributed by atoms with Gasteiger partial charge >= 0.3 is 0 Å². The maximum atomic E-state index is 12.2. The van der Waals surface area contributed by atoms with E-state index in [0.29, 0.717) is 12.2 Å². The Kier molecular flexibility index (Phi) is 3.35. The van der Waals surface area contributed by atoms with Gasteiger partial charge < -0.3 is 15.2 Å². The lowest BCUT2D eigenvalue weighted by Gasteiger charge is -2.30. The summed E-state index contributed by atoms with van der Waals surface area (Å²) in [5.74, 6) is 0.0725. The molecule has 1 aromatic heterocycles. The number of rotatable bonds is 1. The molecule has 2 N–H and O–H groups in total. The van der Waals surface area contributed by atoms with E-state index in [2.05, 4.69) is 15.9 Å². The molecule has 1 atom stereocenters. The Morgan fingerprint density at radius 1 is 1.62 bits per heavy atom. The molecule has 0 aliphatic carbocycles. The van der Waals surface area contributed by atoms with Crippen molar-refractivity contribution in [1.29, 1.82) is 0 Å². The first-order valence-electron chi connectivity index (χ1n) is 5.44. The molecule has 1 fully saturated rings. The number of piperidine rings is 1. The summed E-state index contributed by atoms with van der Waals surface area (Å²) in [6.07, 6.45) is 3.90. The van der Waals surface area contributed by atoms with Crippen LogP contribution >= 0.6 is 15.9 Å². The fourth-order valence-electron chi connectivity index (χ4n) is 2.09. The Morgan fingerprint density at radius 3 is 2.94 bits per heavy atom. The minimum atomic E-state index is 0.0725. The highest BCUT2D eigenvalue weighted by Crippen LogP contribution is 2.17. The normalized spacial score (nSPS) is 21.2. The van der Waals surface area contributed by atoms with E-state index >= 15 is 0 Å². The number of hydrogen-bond acceptors (Lipinski definition) is 2. The van der Waals surface area contributed by atoms with Gasteiger partial charge in [-0.1, -0.05) is 0 Å². The lowest BCUT2D eigenvalue weighted by Crippen LogP contribution is -2.46. The summed E-state index contributed by atoms with van der Waals surface area (Å²) in [6.45, 7) is 1.48. The fourth-order valence-corrected chi connectivity index (χ4v) is 2.62. The molecule has 5 heteroatoms. The largest absolute Gasteiger partial charge is 0.345 e. The van der Waals surface area contributed by atoms with Crippen molar-refractivity contribution >= 4 is 21.8 Å². The molecule has 1 unspecified atom stereocenters. The van der Waals surface area contributed by atoms with Crippen LogP contribution in [0.4, 0.5) is 0 Å². The molecule has 1 saturated heterocycles. The Hall–Kier alpha value is -0.810. The van der Waals surface area contributed by atoms with Crippen molar-refractivity contribution in [3.05, 3.63) is 22.4 Å². The lowest BCUT2D eigenvalue weighted by atomic mass is 10.1. The molecular weight excluding hydrogens is 270 g/mol. The summed E-state index contributed by atoms with van der Waals surface area (Å²) in [7, 11) is 1.88. The van der Waals surface area contributed by atoms with Crippen LogP contribution in [0.1, 0.15) is 23.3 Å². The summed E-state index contributed by atoms with van der Waals surface area (Å²) in [6, 6.07) is 1.98. The number of amides is 1. The van der Waals surface area contributed by atoms with Crippen molar-refractivity contribution in [3.8, 4) is 0 Å². The Morgan fingerprint density at radius 2 is 2.38 bits per heavy atom. The SMILES string of the molecule is Cn1cc(Br)cc1C(=O)N1CCCC(N)C1. The molecular formula is C11H16BrN3O. The van der Waals surface area contributed by atoms with Crippen LogP contribution in [-0.4, -0.2) is 34.5 Å². The third-order valence-electron chi connectivity index (χ3n) is 2.94. The topological polar surface area (TPSA) is 51.3 Å². The van der Waals surface area contributed by atoms with Gasteiger partial charge in [0, 0.05) is 36.8 Å². The number of likely N-dealkylation sites (tertiary alicyclic amines) is 1. The van der Waals surface area contributed by atoms with Gasteiger partial charge in [-0.3, -0.25) is 4.79 Å². The minimum absolute atomic E-state index is 0.0725. The number of carbonyl (C=O) groups is 1. The van der Waals surface area contributed by atoms with Gasteiger partial charge in [-0.05, 0) is 34.8 Å². The summed E-state index contributed by atoms with van der Waals surface area (Å²) in [4.78, 5) is 14.1. The molecule has 1 aromatic rings. The second-order valence-corrected chi connectivity index (χ2v) is 5.22. The van der Waals surface area contributed by atoms with Crippen LogP contribution in [0, 0.1) is 0 Å². The van der Waals surface area contributed by atoms with Crippen LogP contribution in [0.25, 0.3) is 0 Å².